The van der Waals surface area contributed by atoms with Gasteiger partial charge in [-0.2, -0.15) is 0 Å². The summed E-state index contributed by atoms with van der Waals surface area (Å²) in [6.45, 7) is -0.400. The Labute approximate surface area is 161 Å². The van der Waals surface area contributed by atoms with Gasteiger partial charge in [0.05, 0.1) is 27.8 Å². The molecule has 0 saturated heterocycles. The first-order chi connectivity index (χ1) is 13.5. The Morgan fingerprint density at radius 1 is 0.929 bits per heavy atom. The highest BCUT2D eigenvalue weighted by Gasteiger charge is 2.18. The van der Waals surface area contributed by atoms with Crippen LogP contribution in [0.2, 0.25) is 0 Å². The largest absolute Gasteiger partial charge is 0.493 e. The number of benzene rings is 2. The SMILES string of the molecule is COc1cc(CC(=O)OCC(=O)c2cc3ccccc3o2)cc(OC)c1OC. The summed E-state index contributed by atoms with van der Waals surface area (Å²) in [7, 11) is 4.48. The number of methoxy groups -OCH3 is 3. The predicted molar refractivity (Wildman–Crippen MR) is 101 cm³/mol. The van der Waals surface area contributed by atoms with Crippen LogP contribution < -0.4 is 14.2 Å². The van der Waals surface area contributed by atoms with Crippen LogP contribution in [-0.4, -0.2) is 39.7 Å². The summed E-state index contributed by atoms with van der Waals surface area (Å²) in [5, 5.41) is 0.814. The van der Waals surface area contributed by atoms with Crippen LogP contribution in [0.25, 0.3) is 11.0 Å². The van der Waals surface area contributed by atoms with Crippen LogP contribution in [0, 0.1) is 0 Å². The molecule has 3 rings (SSSR count). The third kappa shape index (κ3) is 4.09. The lowest BCUT2D eigenvalue weighted by Gasteiger charge is -2.13. The second-order valence-corrected chi connectivity index (χ2v) is 5.94. The number of Topliss-reactive ketones (excluding diaryl/α,β-unsaturated/α-hetero) is 1. The maximum atomic E-state index is 12.2. The molecular weight excluding hydrogens is 364 g/mol. The average Bonchev–Trinajstić information content (AvgIpc) is 3.15. The fourth-order valence-corrected chi connectivity index (χ4v) is 2.79. The van der Waals surface area contributed by atoms with Gasteiger partial charge in [0.25, 0.3) is 0 Å². The molecule has 0 aliphatic heterocycles. The number of fused-ring (bicyclic) bond motifs is 1. The highest BCUT2D eigenvalue weighted by atomic mass is 16.5. The van der Waals surface area contributed by atoms with E-state index in [9.17, 15) is 9.59 Å². The van der Waals surface area contributed by atoms with Gasteiger partial charge in [0.15, 0.2) is 23.9 Å². The normalized spacial score (nSPS) is 10.5. The van der Waals surface area contributed by atoms with Crippen LogP contribution in [0.5, 0.6) is 17.2 Å². The summed E-state index contributed by atoms with van der Waals surface area (Å²) < 4.78 is 26.4. The van der Waals surface area contributed by atoms with E-state index in [4.69, 9.17) is 23.4 Å². The quantitative estimate of drug-likeness (QED) is 0.434. The van der Waals surface area contributed by atoms with Gasteiger partial charge in [0.1, 0.15) is 5.58 Å². The molecule has 7 heteroatoms. The first-order valence-corrected chi connectivity index (χ1v) is 8.52. The average molecular weight is 384 g/mol. The summed E-state index contributed by atoms with van der Waals surface area (Å²) in [6, 6.07) is 12.2. The molecule has 0 unspecified atom stereocenters. The molecule has 0 saturated carbocycles. The van der Waals surface area contributed by atoms with Crippen molar-refractivity contribution in [2.24, 2.45) is 0 Å². The molecule has 0 N–H and O–H groups in total. The Morgan fingerprint density at radius 3 is 2.21 bits per heavy atom. The summed E-state index contributed by atoms with van der Waals surface area (Å²) in [5.41, 5.74) is 1.21. The number of ketones is 1. The number of furan rings is 1. The number of ether oxygens (including phenoxy) is 4. The number of carbonyl (C=O) groups is 2. The number of esters is 1. The number of carbonyl (C=O) groups excluding carboxylic acids is 2. The van der Waals surface area contributed by atoms with Crippen LogP contribution >= 0.6 is 0 Å². The Hall–Kier alpha value is -3.48. The van der Waals surface area contributed by atoms with Gasteiger partial charge < -0.3 is 23.4 Å². The second-order valence-electron chi connectivity index (χ2n) is 5.94. The minimum Gasteiger partial charge on any atom is -0.493 e. The number of rotatable bonds is 8. The van der Waals surface area contributed by atoms with Crippen LogP contribution in [0.1, 0.15) is 16.1 Å². The number of hydrogen-bond acceptors (Lipinski definition) is 7. The smallest absolute Gasteiger partial charge is 0.310 e. The maximum Gasteiger partial charge on any atom is 0.310 e. The third-order valence-corrected chi connectivity index (χ3v) is 4.14. The Balaban J connectivity index is 1.64. The molecule has 1 heterocycles. The van der Waals surface area contributed by atoms with Crippen molar-refractivity contribution < 1.29 is 33.0 Å². The first-order valence-electron chi connectivity index (χ1n) is 8.52. The molecule has 2 aromatic carbocycles. The molecule has 3 aromatic rings. The maximum absolute atomic E-state index is 12.2. The molecule has 1 aromatic heterocycles. The molecule has 0 amide bonds. The van der Waals surface area contributed by atoms with E-state index in [1.807, 2.05) is 18.2 Å². The fraction of sp³-hybridized carbons (Fsp3) is 0.238. The van der Waals surface area contributed by atoms with E-state index in [0.29, 0.717) is 28.4 Å². The second kappa shape index (κ2) is 8.47. The van der Waals surface area contributed by atoms with Gasteiger partial charge in [-0.3, -0.25) is 9.59 Å². The molecule has 0 fully saturated rings. The van der Waals surface area contributed by atoms with E-state index >= 15 is 0 Å². The summed E-state index contributed by atoms with van der Waals surface area (Å²) in [5.74, 6) is 0.489. The van der Waals surface area contributed by atoms with E-state index in [1.165, 1.54) is 21.3 Å². The molecule has 0 spiro atoms. The van der Waals surface area contributed by atoms with Gasteiger partial charge in [-0.25, -0.2) is 0 Å². The Kier molecular flexibility index (Phi) is 5.84. The zero-order valence-corrected chi connectivity index (χ0v) is 15.8. The van der Waals surface area contributed by atoms with Crippen LogP contribution in [-0.2, 0) is 16.0 Å². The van der Waals surface area contributed by atoms with Crippen molar-refractivity contribution >= 4 is 22.7 Å². The van der Waals surface area contributed by atoms with Crippen molar-refractivity contribution in [3.63, 3.8) is 0 Å². The summed E-state index contributed by atoms with van der Waals surface area (Å²) >= 11 is 0. The number of hydrogen-bond donors (Lipinski definition) is 0. The predicted octanol–water partition coefficient (Wildman–Crippen LogP) is 3.43. The lowest BCUT2D eigenvalue weighted by molar-refractivity contribution is -0.141. The molecule has 0 atom stereocenters. The van der Waals surface area contributed by atoms with Crippen LogP contribution in [0.3, 0.4) is 0 Å². The van der Waals surface area contributed by atoms with Crippen molar-refractivity contribution in [3.05, 3.63) is 53.8 Å². The minimum atomic E-state index is -0.557. The molecule has 7 nitrogen and oxygen atoms in total. The van der Waals surface area contributed by atoms with Gasteiger partial charge in [-0.1, -0.05) is 18.2 Å². The molecule has 0 radical (unpaired) electrons. The summed E-state index contributed by atoms with van der Waals surface area (Å²) in [6.07, 6.45) is -0.0515. The van der Waals surface area contributed by atoms with Crippen LogP contribution in [0.15, 0.2) is 46.9 Å². The molecule has 0 aliphatic carbocycles. The van der Waals surface area contributed by atoms with E-state index in [2.05, 4.69) is 0 Å². The van der Waals surface area contributed by atoms with Gasteiger partial charge in [-0.15, -0.1) is 0 Å². The topological polar surface area (TPSA) is 84.2 Å². The van der Waals surface area contributed by atoms with E-state index in [1.54, 1.807) is 24.3 Å². The first kappa shape index (κ1) is 19.3. The van der Waals surface area contributed by atoms with Crippen molar-refractivity contribution in [2.75, 3.05) is 27.9 Å². The van der Waals surface area contributed by atoms with Crippen molar-refractivity contribution in [1.82, 2.24) is 0 Å². The highest BCUT2D eigenvalue weighted by molar-refractivity contribution is 5.99. The van der Waals surface area contributed by atoms with E-state index in [-0.39, 0.29) is 12.2 Å². The summed E-state index contributed by atoms with van der Waals surface area (Å²) in [4.78, 5) is 24.4. The van der Waals surface area contributed by atoms with Gasteiger partial charge in [-0.05, 0) is 29.8 Å². The van der Waals surface area contributed by atoms with Crippen LogP contribution in [0.4, 0.5) is 0 Å². The molecule has 0 bridgehead atoms. The molecular formula is C21H20O7. The van der Waals surface area contributed by atoms with Gasteiger partial charge in [0, 0.05) is 5.39 Å². The third-order valence-electron chi connectivity index (χ3n) is 4.14. The lowest BCUT2D eigenvalue weighted by atomic mass is 10.1. The fourth-order valence-electron chi connectivity index (χ4n) is 2.79. The lowest BCUT2D eigenvalue weighted by Crippen LogP contribution is -2.15. The van der Waals surface area contributed by atoms with Crippen molar-refractivity contribution in [1.29, 1.82) is 0 Å². The van der Waals surface area contributed by atoms with Crippen molar-refractivity contribution in [3.8, 4) is 17.2 Å². The zero-order valence-electron chi connectivity index (χ0n) is 15.8. The Morgan fingerprint density at radius 2 is 1.61 bits per heavy atom. The minimum absolute atomic E-state index is 0.0515. The number of para-hydroxylation sites is 1. The van der Waals surface area contributed by atoms with Gasteiger partial charge >= 0.3 is 5.97 Å². The Bertz CT molecular complexity index is 945. The molecule has 0 aliphatic rings. The van der Waals surface area contributed by atoms with E-state index in [0.717, 1.165) is 5.39 Å². The van der Waals surface area contributed by atoms with E-state index < -0.39 is 18.4 Å². The standard InChI is InChI=1S/C21H20O7/c1-24-18-8-13(9-19(25-2)21(18)26-3)10-20(23)27-12-15(22)17-11-14-6-4-5-7-16(14)28-17/h4-9,11H,10,12H2,1-3H3. The molecule has 146 valence electrons. The molecule has 28 heavy (non-hydrogen) atoms. The van der Waals surface area contributed by atoms with Gasteiger partial charge in [0.2, 0.25) is 11.5 Å². The van der Waals surface area contributed by atoms with Crippen molar-refractivity contribution in [2.45, 2.75) is 6.42 Å². The highest BCUT2D eigenvalue weighted by Crippen LogP contribution is 2.38. The monoisotopic (exact) mass is 384 g/mol. The zero-order chi connectivity index (χ0) is 20.1.